The number of rotatable bonds is 3. The molecule has 3 heterocycles. The number of nitrogens with zero attached hydrogens (tertiary/aromatic N) is 5. The summed E-state index contributed by atoms with van der Waals surface area (Å²) in [6.07, 6.45) is 4.21. The Balaban J connectivity index is 1.64. The van der Waals surface area contributed by atoms with Crippen molar-refractivity contribution >= 4 is 23.9 Å². The van der Waals surface area contributed by atoms with Crippen LogP contribution in [0, 0.1) is 0 Å². The van der Waals surface area contributed by atoms with Crippen LogP contribution >= 0.6 is 0 Å². The molecule has 0 spiro atoms. The van der Waals surface area contributed by atoms with E-state index in [9.17, 15) is 14.4 Å². The smallest absolute Gasteiger partial charge is 0.255 e. The zero-order chi connectivity index (χ0) is 17.8. The van der Waals surface area contributed by atoms with E-state index in [1.165, 1.54) is 0 Å². The zero-order valence-corrected chi connectivity index (χ0v) is 14.4. The Morgan fingerprint density at radius 1 is 0.960 bits per heavy atom. The maximum Gasteiger partial charge on any atom is 0.255 e. The minimum atomic E-state index is -0.0518. The highest BCUT2D eigenvalue weighted by atomic mass is 16.2. The Hall–Kier alpha value is -2.64. The van der Waals surface area contributed by atoms with Gasteiger partial charge in [0.25, 0.3) is 5.91 Å². The number of anilines is 1. The molecule has 0 atom stereocenters. The summed E-state index contributed by atoms with van der Waals surface area (Å²) in [5, 5.41) is 0. The third kappa shape index (κ3) is 3.89. The average Bonchev–Trinajstić information content (AvgIpc) is 2.67. The molecule has 0 bridgehead atoms. The van der Waals surface area contributed by atoms with Crippen LogP contribution in [0.15, 0.2) is 18.5 Å². The minimum absolute atomic E-state index is 0.0465. The molecule has 2 aliphatic rings. The van der Waals surface area contributed by atoms with Crippen LogP contribution in [0.3, 0.4) is 0 Å². The number of carbonyl (C=O) groups excluding carboxylic acids is 3. The molecule has 3 rings (SSSR count). The molecule has 25 heavy (non-hydrogen) atoms. The van der Waals surface area contributed by atoms with E-state index in [0.717, 1.165) is 25.2 Å². The molecule has 0 N–H and O–H groups in total. The molecule has 8 heteroatoms. The highest BCUT2D eigenvalue weighted by Crippen LogP contribution is 2.18. The molecule has 2 saturated heterocycles. The normalized spacial score (nSPS) is 18.3. The number of hydrogen-bond donors (Lipinski definition) is 0. The van der Waals surface area contributed by atoms with Crippen LogP contribution in [0.25, 0.3) is 0 Å². The number of piperazine rings is 2. The Kier molecular flexibility index (Phi) is 5.16. The van der Waals surface area contributed by atoms with E-state index >= 15 is 0 Å². The van der Waals surface area contributed by atoms with Gasteiger partial charge in [-0.3, -0.25) is 19.4 Å². The number of hydrogen-bond acceptors (Lipinski definition) is 5. The van der Waals surface area contributed by atoms with Gasteiger partial charge in [-0.1, -0.05) is 0 Å². The van der Waals surface area contributed by atoms with Gasteiger partial charge in [0.1, 0.15) is 0 Å². The van der Waals surface area contributed by atoms with E-state index in [1.54, 1.807) is 34.0 Å². The SMILES string of the molecule is CC(=O)N1CCN(C(=O)c2cncc(N3CCN(C=O)CC3)c2)CC1. The van der Waals surface area contributed by atoms with E-state index in [2.05, 4.69) is 9.88 Å². The molecule has 8 nitrogen and oxygen atoms in total. The summed E-state index contributed by atoms with van der Waals surface area (Å²) < 4.78 is 0. The summed E-state index contributed by atoms with van der Waals surface area (Å²) in [7, 11) is 0. The quantitative estimate of drug-likeness (QED) is 0.701. The molecular weight excluding hydrogens is 322 g/mol. The van der Waals surface area contributed by atoms with Crippen molar-refractivity contribution in [3.63, 3.8) is 0 Å². The van der Waals surface area contributed by atoms with E-state index in [1.807, 2.05) is 6.07 Å². The first-order valence-electron chi connectivity index (χ1n) is 8.52. The molecule has 134 valence electrons. The van der Waals surface area contributed by atoms with Crippen molar-refractivity contribution in [1.82, 2.24) is 19.7 Å². The second-order valence-corrected chi connectivity index (χ2v) is 6.36. The fourth-order valence-corrected chi connectivity index (χ4v) is 3.21. The predicted molar refractivity (Wildman–Crippen MR) is 92.2 cm³/mol. The monoisotopic (exact) mass is 345 g/mol. The van der Waals surface area contributed by atoms with E-state index < -0.39 is 0 Å². The van der Waals surface area contributed by atoms with Crippen molar-refractivity contribution in [2.75, 3.05) is 57.3 Å². The van der Waals surface area contributed by atoms with Gasteiger partial charge in [-0.15, -0.1) is 0 Å². The van der Waals surface area contributed by atoms with Crippen molar-refractivity contribution in [1.29, 1.82) is 0 Å². The lowest BCUT2D eigenvalue weighted by Crippen LogP contribution is -2.50. The first-order valence-corrected chi connectivity index (χ1v) is 8.52. The van der Waals surface area contributed by atoms with Crippen LogP contribution in [-0.4, -0.2) is 90.3 Å². The van der Waals surface area contributed by atoms with E-state index in [-0.39, 0.29) is 11.8 Å². The summed E-state index contributed by atoms with van der Waals surface area (Å²) in [4.78, 5) is 46.5. The van der Waals surface area contributed by atoms with Gasteiger partial charge >= 0.3 is 0 Å². The number of carbonyl (C=O) groups is 3. The third-order valence-electron chi connectivity index (χ3n) is 4.81. The molecular formula is C17H23N5O3. The van der Waals surface area contributed by atoms with Gasteiger partial charge in [0.15, 0.2) is 0 Å². The summed E-state index contributed by atoms with van der Waals surface area (Å²) in [6, 6.07) is 1.86. The summed E-state index contributed by atoms with van der Waals surface area (Å²) in [5.41, 5.74) is 1.46. The average molecular weight is 345 g/mol. The second kappa shape index (κ2) is 7.50. The van der Waals surface area contributed by atoms with E-state index in [4.69, 9.17) is 0 Å². The Morgan fingerprint density at radius 2 is 1.60 bits per heavy atom. The summed E-state index contributed by atoms with van der Waals surface area (Å²) in [6.45, 7) is 6.59. The fraction of sp³-hybridized carbons (Fsp3) is 0.529. The standard InChI is InChI=1S/C17H23N5O3/c1-14(24)20-6-8-22(9-7-20)17(25)15-10-16(12-18-11-15)21-4-2-19(13-23)3-5-21/h10-13H,2-9H2,1H3. The van der Waals surface area contributed by atoms with Crippen LogP contribution < -0.4 is 4.90 Å². The Labute approximate surface area is 147 Å². The number of aromatic nitrogens is 1. The lowest BCUT2D eigenvalue weighted by Gasteiger charge is -2.35. The van der Waals surface area contributed by atoms with Crippen molar-refractivity contribution < 1.29 is 14.4 Å². The van der Waals surface area contributed by atoms with Crippen molar-refractivity contribution in [2.24, 2.45) is 0 Å². The molecule has 2 aliphatic heterocycles. The maximum absolute atomic E-state index is 12.7. The molecule has 0 aromatic carbocycles. The largest absolute Gasteiger partial charge is 0.367 e. The lowest BCUT2D eigenvalue weighted by molar-refractivity contribution is -0.130. The van der Waals surface area contributed by atoms with Gasteiger partial charge in [0.2, 0.25) is 12.3 Å². The second-order valence-electron chi connectivity index (χ2n) is 6.36. The Bertz CT molecular complexity index is 649. The molecule has 1 aromatic rings. The van der Waals surface area contributed by atoms with E-state index in [0.29, 0.717) is 44.8 Å². The maximum atomic E-state index is 12.7. The van der Waals surface area contributed by atoms with Gasteiger partial charge in [-0.05, 0) is 6.07 Å². The first kappa shape index (κ1) is 17.2. The molecule has 0 unspecified atom stereocenters. The summed E-state index contributed by atoms with van der Waals surface area (Å²) in [5.74, 6) is -0.00527. The van der Waals surface area contributed by atoms with Crippen molar-refractivity contribution in [2.45, 2.75) is 6.92 Å². The molecule has 0 saturated carbocycles. The molecule has 2 fully saturated rings. The van der Waals surface area contributed by atoms with Gasteiger partial charge in [0, 0.05) is 65.5 Å². The third-order valence-corrected chi connectivity index (χ3v) is 4.81. The van der Waals surface area contributed by atoms with Crippen LogP contribution in [-0.2, 0) is 9.59 Å². The molecule has 0 aliphatic carbocycles. The van der Waals surface area contributed by atoms with Crippen LogP contribution in [0.5, 0.6) is 0 Å². The number of amides is 3. The first-order chi connectivity index (χ1) is 12.1. The topological polar surface area (TPSA) is 77.1 Å². The van der Waals surface area contributed by atoms with Gasteiger partial charge in [-0.2, -0.15) is 0 Å². The molecule has 0 radical (unpaired) electrons. The molecule has 1 aromatic heterocycles. The highest BCUT2D eigenvalue weighted by Gasteiger charge is 2.24. The number of pyridine rings is 1. The minimum Gasteiger partial charge on any atom is -0.367 e. The fourth-order valence-electron chi connectivity index (χ4n) is 3.21. The van der Waals surface area contributed by atoms with Crippen molar-refractivity contribution in [3.8, 4) is 0 Å². The van der Waals surface area contributed by atoms with Crippen LogP contribution in [0.4, 0.5) is 5.69 Å². The highest BCUT2D eigenvalue weighted by molar-refractivity contribution is 5.95. The van der Waals surface area contributed by atoms with Crippen LogP contribution in [0.1, 0.15) is 17.3 Å². The van der Waals surface area contributed by atoms with Gasteiger partial charge in [-0.25, -0.2) is 0 Å². The van der Waals surface area contributed by atoms with Crippen LogP contribution in [0.2, 0.25) is 0 Å². The Morgan fingerprint density at radius 3 is 2.20 bits per heavy atom. The molecule has 3 amide bonds. The predicted octanol–water partition coefficient (Wildman–Crippen LogP) is -0.336. The van der Waals surface area contributed by atoms with Gasteiger partial charge < -0.3 is 19.6 Å². The van der Waals surface area contributed by atoms with Gasteiger partial charge in [0.05, 0.1) is 17.4 Å². The zero-order valence-electron chi connectivity index (χ0n) is 14.4. The van der Waals surface area contributed by atoms with Crippen molar-refractivity contribution in [3.05, 3.63) is 24.0 Å². The lowest BCUT2D eigenvalue weighted by atomic mass is 10.2. The summed E-state index contributed by atoms with van der Waals surface area (Å²) >= 11 is 0.